The van der Waals surface area contributed by atoms with Crippen molar-refractivity contribution in [1.82, 2.24) is 19.7 Å². The normalized spacial score (nSPS) is 15.4. The van der Waals surface area contributed by atoms with Gasteiger partial charge in [-0.1, -0.05) is 6.07 Å². The summed E-state index contributed by atoms with van der Waals surface area (Å²) in [4.78, 5) is 32.3. The topological polar surface area (TPSA) is 94.1 Å². The monoisotopic (exact) mass is 383 g/mol. The van der Waals surface area contributed by atoms with Crippen molar-refractivity contribution in [1.29, 1.82) is 0 Å². The molecule has 4 heterocycles. The fraction of sp³-hybridized carbons (Fsp3) is 0.368. The van der Waals surface area contributed by atoms with E-state index in [4.69, 9.17) is 10.7 Å². The van der Waals surface area contributed by atoms with Gasteiger partial charge in [-0.05, 0) is 37.3 Å². The molecule has 7 nitrogen and oxygen atoms in total. The summed E-state index contributed by atoms with van der Waals surface area (Å²) >= 11 is 1.59. The van der Waals surface area contributed by atoms with Gasteiger partial charge in [-0.2, -0.15) is 5.10 Å². The molecule has 2 N–H and O–H groups in total. The number of pyridine rings is 1. The first kappa shape index (κ1) is 17.7. The number of primary amides is 1. The Labute approximate surface area is 160 Å². The van der Waals surface area contributed by atoms with Crippen LogP contribution in [-0.2, 0) is 11.8 Å². The lowest BCUT2D eigenvalue weighted by Gasteiger charge is -2.30. The number of nitrogens with zero attached hydrogens (tertiary/aromatic N) is 4. The van der Waals surface area contributed by atoms with Gasteiger partial charge >= 0.3 is 0 Å². The Morgan fingerprint density at radius 2 is 2.04 bits per heavy atom. The molecule has 0 atom stereocenters. The molecule has 27 heavy (non-hydrogen) atoms. The first-order chi connectivity index (χ1) is 13.0. The predicted octanol–water partition coefficient (Wildman–Crippen LogP) is 2.34. The molecule has 0 aliphatic carbocycles. The SMILES string of the molecule is Cc1nn(C)c2nc(-c3cccs3)cc(C(=O)N3CCC(C(N)=O)CC3)c12. The zero-order valence-corrected chi connectivity index (χ0v) is 16.1. The molecule has 8 heteroatoms. The highest BCUT2D eigenvalue weighted by Gasteiger charge is 2.29. The number of carbonyl (C=O) groups excluding carboxylic acids is 2. The van der Waals surface area contributed by atoms with E-state index in [0.29, 0.717) is 37.1 Å². The molecule has 1 saturated heterocycles. The number of fused-ring (bicyclic) bond motifs is 1. The van der Waals surface area contributed by atoms with Crippen LogP contribution in [0.15, 0.2) is 23.6 Å². The molecule has 0 saturated carbocycles. The van der Waals surface area contributed by atoms with Crippen LogP contribution in [0.4, 0.5) is 0 Å². The molecule has 1 aliphatic heterocycles. The fourth-order valence-corrected chi connectivity index (χ4v) is 4.39. The van der Waals surface area contributed by atoms with E-state index < -0.39 is 0 Å². The van der Waals surface area contributed by atoms with Crippen LogP contribution in [-0.4, -0.2) is 44.6 Å². The van der Waals surface area contributed by atoms with Gasteiger partial charge in [0.1, 0.15) is 0 Å². The molecule has 3 aromatic rings. The van der Waals surface area contributed by atoms with Crippen LogP contribution in [0.1, 0.15) is 28.9 Å². The average molecular weight is 383 g/mol. The van der Waals surface area contributed by atoms with Crippen molar-refractivity contribution in [3.63, 3.8) is 0 Å². The molecule has 0 spiro atoms. The van der Waals surface area contributed by atoms with E-state index >= 15 is 0 Å². The highest BCUT2D eigenvalue weighted by molar-refractivity contribution is 7.13. The third-order valence-electron chi connectivity index (χ3n) is 5.16. The summed E-state index contributed by atoms with van der Waals surface area (Å²) in [5.41, 5.74) is 8.29. The number of amides is 2. The zero-order valence-electron chi connectivity index (χ0n) is 15.3. The van der Waals surface area contributed by atoms with Gasteiger partial charge in [0.25, 0.3) is 5.91 Å². The van der Waals surface area contributed by atoms with Crippen LogP contribution in [0.5, 0.6) is 0 Å². The molecule has 140 valence electrons. The number of hydrogen-bond donors (Lipinski definition) is 1. The number of rotatable bonds is 3. The first-order valence-electron chi connectivity index (χ1n) is 8.92. The van der Waals surface area contributed by atoms with Gasteiger partial charge in [0.05, 0.1) is 27.2 Å². The third-order valence-corrected chi connectivity index (χ3v) is 6.05. The van der Waals surface area contributed by atoms with Gasteiger partial charge in [-0.15, -0.1) is 11.3 Å². The lowest BCUT2D eigenvalue weighted by atomic mass is 9.95. The lowest BCUT2D eigenvalue weighted by molar-refractivity contribution is -0.123. The average Bonchev–Trinajstić information content (AvgIpc) is 3.29. The Kier molecular flexibility index (Phi) is 4.43. The van der Waals surface area contributed by atoms with Crippen LogP contribution in [0.3, 0.4) is 0 Å². The summed E-state index contributed by atoms with van der Waals surface area (Å²) in [6.45, 7) is 2.96. The summed E-state index contributed by atoms with van der Waals surface area (Å²) in [6.07, 6.45) is 1.22. The smallest absolute Gasteiger partial charge is 0.254 e. The number of carbonyl (C=O) groups is 2. The quantitative estimate of drug-likeness (QED) is 0.751. The van der Waals surface area contributed by atoms with Gasteiger partial charge in [0.15, 0.2) is 5.65 Å². The van der Waals surface area contributed by atoms with Crippen molar-refractivity contribution in [2.45, 2.75) is 19.8 Å². The van der Waals surface area contributed by atoms with E-state index in [9.17, 15) is 9.59 Å². The van der Waals surface area contributed by atoms with E-state index in [2.05, 4.69) is 5.10 Å². The molecular formula is C19H21N5O2S. The minimum Gasteiger partial charge on any atom is -0.369 e. The molecule has 0 radical (unpaired) electrons. The van der Waals surface area contributed by atoms with Crippen LogP contribution < -0.4 is 5.73 Å². The standard InChI is InChI=1S/C19H21N5O2S/c1-11-16-13(19(26)24-7-5-12(6-8-24)17(20)25)10-14(15-4-3-9-27-15)21-18(16)23(2)22-11/h3-4,9-10,12H,5-8H2,1-2H3,(H2,20,25). The summed E-state index contributed by atoms with van der Waals surface area (Å²) in [7, 11) is 1.84. The maximum Gasteiger partial charge on any atom is 0.254 e. The van der Waals surface area contributed by atoms with Gasteiger partial charge in [-0.3, -0.25) is 14.3 Å². The van der Waals surface area contributed by atoms with E-state index in [-0.39, 0.29) is 17.7 Å². The second-order valence-electron chi connectivity index (χ2n) is 6.91. The van der Waals surface area contributed by atoms with Crippen LogP contribution in [0.2, 0.25) is 0 Å². The lowest BCUT2D eigenvalue weighted by Crippen LogP contribution is -2.41. The number of thiophene rings is 1. The second-order valence-corrected chi connectivity index (χ2v) is 7.86. The Morgan fingerprint density at radius 3 is 2.67 bits per heavy atom. The van der Waals surface area contributed by atoms with Gasteiger partial charge in [0, 0.05) is 26.1 Å². The Bertz CT molecular complexity index is 1020. The number of piperidine rings is 1. The van der Waals surface area contributed by atoms with E-state index in [1.165, 1.54) is 0 Å². The van der Waals surface area contributed by atoms with Crippen molar-refractivity contribution in [2.75, 3.05) is 13.1 Å². The maximum atomic E-state index is 13.3. The van der Waals surface area contributed by atoms with Crippen LogP contribution >= 0.6 is 11.3 Å². The molecule has 1 fully saturated rings. The third kappa shape index (κ3) is 3.10. The largest absolute Gasteiger partial charge is 0.369 e. The minimum atomic E-state index is -0.281. The van der Waals surface area contributed by atoms with E-state index in [0.717, 1.165) is 21.7 Å². The van der Waals surface area contributed by atoms with Crippen molar-refractivity contribution >= 4 is 34.2 Å². The number of likely N-dealkylation sites (tertiary alicyclic amines) is 1. The molecule has 0 unspecified atom stereocenters. The maximum absolute atomic E-state index is 13.3. The molecule has 4 rings (SSSR count). The molecule has 3 aromatic heterocycles. The van der Waals surface area contributed by atoms with Crippen molar-refractivity contribution in [3.05, 3.63) is 34.8 Å². The minimum absolute atomic E-state index is 0.0424. The summed E-state index contributed by atoms with van der Waals surface area (Å²) in [6, 6.07) is 5.83. The summed E-state index contributed by atoms with van der Waals surface area (Å²) < 4.78 is 1.72. The summed E-state index contributed by atoms with van der Waals surface area (Å²) in [5.74, 6) is -0.468. The van der Waals surface area contributed by atoms with Gasteiger partial charge in [-0.25, -0.2) is 4.98 Å². The zero-order chi connectivity index (χ0) is 19.1. The number of aryl methyl sites for hydroxylation is 2. The molecule has 1 aliphatic rings. The highest BCUT2D eigenvalue weighted by atomic mass is 32.1. The van der Waals surface area contributed by atoms with Crippen LogP contribution in [0.25, 0.3) is 21.6 Å². The molecule has 0 bridgehead atoms. The predicted molar refractivity (Wildman–Crippen MR) is 104 cm³/mol. The van der Waals surface area contributed by atoms with Crippen molar-refractivity contribution in [3.8, 4) is 10.6 Å². The molecular weight excluding hydrogens is 362 g/mol. The second kappa shape index (κ2) is 6.77. The number of hydrogen-bond acceptors (Lipinski definition) is 5. The Hall–Kier alpha value is -2.74. The van der Waals surface area contributed by atoms with E-state index in [1.807, 2.05) is 37.6 Å². The fourth-order valence-electron chi connectivity index (χ4n) is 3.70. The van der Waals surface area contributed by atoms with Crippen molar-refractivity contribution in [2.24, 2.45) is 18.7 Å². The Balaban J connectivity index is 1.76. The van der Waals surface area contributed by atoms with Crippen LogP contribution in [0, 0.1) is 12.8 Å². The molecule has 0 aromatic carbocycles. The highest BCUT2D eigenvalue weighted by Crippen LogP contribution is 2.30. The summed E-state index contributed by atoms with van der Waals surface area (Å²) in [5, 5.41) is 7.25. The number of nitrogens with two attached hydrogens (primary N) is 1. The van der Waals surface area contributed by atoms with Gasteiger partial charge < -0.3 is 10.6 Å². The van der Waals surface area contributed by atoms with Gasteiger partial charge in [0.2, 0.25) is 5.91 Å². The first-order valence-corrected chi connectivity index (χ1v) is 9.80. The number of aromatic nitrogens is 3. The Morgan fingerprint density at radius 1 is 1.30 bits per heavy atom. The van der Waals surface area contributed by atoms with Crippen molar-refractivity contribution < 1.29 is 9.59 Å². The molecule has 2 amide bonds. The van der Waals surface area contributed by atoms with E-state index in [1.54, 1.807) is 20.9 Å².